The Balaban J connectivity index is 1.66. The molecule has 4 N–H and O–H groups in total. The number of carbonyl (C=O) groups is 2. The van der Waals surface area contributed by atoms with Gasteiger partial charge in [0, 0.05) is 36.6 Å². The SMILES string of the molecule is CN(C(=O)c1cnc(-c2ccc(C(=N)N)cc2)nc1)C1CCC(C(=O)O)CC1. The van der Waals surface area contributed by atoms with E-state index >= 15 is 0 Å². The molecule has 28 heavy (non-hydrogen) atoms. The van der Waals surface area contributed by atoms with Crippen LogP contribution in [0.1, 0.15) is 41.6 Å². The van der Waals surface area contributed by atoms with Gasteiger partial charge in [-0.25, -0.2) is 9.97 Å². The number of amides is 1. The van der Waals surface area contributed by atoms with Crippen LogP contribution in [0.3, 0.4) is 0 Å². The number of aromatic nitrogens is 2. The number of rotatable bonds is 5. The summed E-state index contributed by atoms with van der Waals surface area (Å²) in [7, 11) is 1.74. The second-order valence-electron chi connectivity index (χ2n) is 7.05. The summed E-state index contributed by atoms with van der Waals surface area (Å²) in [6.45, 7) is 0. The molecule has 1 fully saturated rings. The van der Waals surface area contributed by atoms with Crippen molar-refractivity contribution in [2.75, 3.05) is 7.05 Å². The number of hydrogen-bond donors (Lipinski definition) is 3. The molecule has 3 rings (SSSR count). The molecule has 0 radical (unpaired) electrons. The van der Waals surface area contributed by atoms with Crippen molar-refractivity contribution in [3.63, 3.8) is 0 Å². The molecule has 0 atom stereocenters. The molecular weight excluding hydrogens is 358 g/mol. The summed E-state index contributed by atoms with van der Waals surface area (Å²) in [4.78, 5) is 34.0. The van der Waals surface area contributed by atoms with Crippen LogP contribution in [0.15, 0.2) is 36.7 Å². The van der Waals surface area contributed by atoms with Gasteiger partial charge >= 0.3 is 5.97 Å². The van der Waals surface area contributed by atoms with Crippen molar-refractivity contribution in [3.05, 3.63) is 47.8 Å². The molecule has 8 heteroatoms. The minimum absolute atomic E-state index is 0.00571. The van der Waals surface area contributed by atoms with Gasteiger partial charge in [-0.1, -0.05) is 24.3 Å². The van der Waals surface area contributed by atoms with Gasteiger partial charge in [-0.3, -0.25) is 15.0 Å². The molecule has 0 aliphatic heterocycles. The lowest BCUT2D eigenvalue weighted by atomic mass is 9.85. The van der Waals surface area contributed by atoms with Crippen molar-refractivity contribution in [1.82, 2.24) is 14.9 Å². The number of carboxylic acids is 1. The fourth-order valence-corrected chi connectivity index (χ4v) is 3.47. The summed E-state index contributed by atoms with van der Waals surface area (Å²) in [5.41, 5.74) is 7.23. The molecule has 1 aromatic carbocycles. The molecule has 1 saturated carbocycles. The van der Waals surface area contributed by atoms with Gasteiger partial charge in [-0.2, -0.15) is 0 Å². The normalized spacial score (nSPS) is 19.0. The number of nitrogens with zero attached hydrogens (tertiary/aromatic N) is 3. The lowest BCUT2D eigenvalue weighted by Crippen LogP contribution is -2.40. The van der Waals surface area contributed by atoms with Crippen molar-refractivity contribution in [2.24, 2.45) is 11.7 Å². The molecule has 1 aliphatic carbocycles. The number of nitrogens with two attached hydrogens (primary N) is 1. The predicted molar refractivity (Wildman–Crippen MR) is 104 cm³/mol. The van der Waals surface area contributed by atoms with Crippen molar-refractivity contribution in [1.29, 1.82) is 5.41 Å². The lowest BCUT2D eigenvalue weighted by molar-refractivity contribution is -0.143. The van der Waals surface area contributed by atoms with Gasteiger partial charge < -0.3 is 15.7 Å². The van der Waals surface area contributed by atoms with Gasteiger partial charge in [0.1, 0.15) is 5.84 Å². The van der Waals surface area contributed by atoms with E-state index in [0.29, 0.717) is 42.6 Å². The molecule has 8 nitrogen and oxygen atoms in total. The molecule has 1 aromatic heterocycles. The van der Waals surface area contributed by atoms with Crippen LogP contribution in [0.4, 0.5) is 0 Å². The average Bonchev–Trinajstić information content (AvgIpc) is 2.73. The number of nitrogens with one attached hydrogen (secondary N) is 1. The Bertz CT molecular complexity index is 872. The Kier molecular flexibility index (Phi) is 5.67. The van der Waals surface area contributed by atoms with Crippen molar-refractivity contribution >= 4 is 17.7 Å². The number of hydrogen-bond acceptors (Lipinski definition) is 5. The van der Waals surface area contributed by atoms with Gasteiger partial charge in [-0.15, -0.1) is 0 Å². The lowest BCUT2D eigenvalue weighted by Gasteiger charge is -2.33. The highest BCUT2D eigenvalue weighted by atomic mass is 16.4. The van der Waals surface area contributed by atoms with Crippen LogP contribution in [-0.4, -0.2) is 50.8 Å². The number of amidine groups is 1. The predicted octanol–water partition coefficient (Wildman–Crippen LogP) is 2.14. The number of benzene rings is 1. The number of nitrogen functional groups attached to an aromatic ring is 1. The second kappa shape index (κ2) is 8.16. The number of carbonyl (C=O) groups excluding carboxylic acids is 1. The number of aliphatic carboxylic acids is 1. The molecule has 0 unspecified atom stereocenters. The Morgan fingerprint density at radius 1 is 1.07 bits per heavy atom. The fraction of sp³-hybridized carbons (Fsp3) is 0.350. The zero-order chi connectivity index (χ0) is 20.3. The smallest absolute Gasteiger partial charge is 0.306 e. The summed E-state index contributed by atoms with van der Waals surface area (Å²) >= 11 is 0. The molecule has 0 bridgehead atoms. The summed E-state index contributed by atoms with van der Waals surface area (Å²) in [5.74, 6) is -0.758. The third kappa shape index (κ3) is 4.16. The first-order chi connectivity index (χ1) is 13.4. The number of carboxylic acid groups (broad SMARTS) is 1. The molecular formula is C20H23N5O3. The van der Waals surface area contributed by atoms with E-state index in [1.807, 2.05) is 0 Å². The van der Waals surface area contributed by atoms with Gasteiger partial charge in [0.05, 0.1) is 11.5 Å². The third-order valence-corrected chi connectivity index (χ3v) is 5.27. The molecule has 1 heterocycles. The van der Waals surface area contributed by atoms with Crippen LogP contribution < -0.4 is 5.73 Å². The monoisotopic (exact) mass is 381 g/mol. The maximum atomic E-state index is 12.7. The summed E-state index contributed by atoms with van der Waals surface area (Å²) in [6.07, 6.45) is 5.54. The zero-order valence-corrected chi connectivity index (χ0v) is 15.6. The Morgan fingerprint density at radius 3 is 2.14 bits per heavy atom. The second-order valence-corrected chi connectivity index (χ2v) is 7.05. The summed E-state index contributed by atoms with van der Waals surface area (Å²) < 4.78 is 0. The Labute approximate surface area is 162 Å². The maximum Gasteiger partial charge on any atom is 0.306 e. The molecule has 0 saturated heterocycles. The standard InChI is InChI=1S/C20H23N5O3/c1-25(16-8-6-14(7-9-16)20(27)28)19(26)15-10-23-18(24-11-15)13-4-2-12(3-5-13)17(21)22/h2-5,10-11,14,16H,6-9H2,1H3,(H3,21,22)(H,27,28). The molecule has 1 aliphatic rings. The van der Waals surface area contributed by atoms with Crippen LogP contribution in [0.2, 0.25) is 0 Å². The molecule has 1 amide bonds. The molecule has 2 aromatic rings. The van der Waals surface area contributed by atoms with Crippen LogP contribution in [0, 0.1) is 11.3 Å². The zero-order valence-electron chi connectivity index (χ0n) is 15.6. The van der Waals surface area contributed by atoms with E-state index in [1.54, 1.807) is 36.2 Å². The average molecular weight is 381 g/mol. The summed E-state index contributed by atoms with van der Waals surface area (Å²) in [5, 5.41) is 16.5. The van der Waals surface area contributed by atoms with E-state index in [2.05, 4.69) is 9.97 Å². The van der Waals surface area contributed by atoms with Crippen LogP contribution in [0.25, 0.3) is 11.4 Å². The van der Waals surface area contributed by atoms with Crippen LogP contribution in [-0.2, 0) is 4.79 Å². The Morgan fingerprint density at radius 2 is 1.64 bits per heavy atom. The highest BCUT2D eigenvalue weighted by Gasteiger charge is 2.30. The van der Waals surface area contributed by atoms with E-state index in [-0.39, 0.29) is 23.7 Å². The van der Waals surface area contributed by atoms with E-state index in [0.717, 1.165) is 5.56 Å². The quantitative estimate of drug-likeness (QED) is 0.537. The van der Waals surface area contributed by atoms with Crippen molar-refractivity contribution in [2.45, 2.75) is 31.7 Å². The van der Waals surface area contributed by atoms with Gasteiger partial charge in [0.2, 0.25) is 0 Å². The van der Waals surface area contributed by atoms with Gasteiger partial charge in [-0.05, 0) is 25.7 Å². The molecule has 146 valence electrons. The van der Waals surface area contributed by atoms with E-state index in [1.165, 1.54) is 12.4 Å². The fourth-order valence-electron chi connectivity index (χ4n) is 3.47. The first-order valence-electron chi connectivity index (χ1n) is 9.13. The first-order valence-corrected chi connectivity index (χ1v) is 9.13. The summed E-state index contributed by atoms with van der Waals surface area (Å²) in [6, 6.07) is 7.03. The minimum Gasteiger partial charge on any atom is -0.481 e. The van der Waals surface area contributed by atoms with E-state index < -0.39 is 5.97 Å². The molecule has 0 spiro atoms. The first kappa shape index (κ1) is 19.5. The highest BCUT2D eigenvalue weighted by molar-refractivity contribution is 5.95. The van der Waals surface area contributed by atoms with Crippen molar-refractivity contribution < 1.29 is 14.7 Å². The van der Waals surface area contributed by atoms with Gasteiger partial charge in [0.15, 0.2) is 5.82 Å². The largest absolute Gasteiger partial charge is 0.481 e. The van der Waals surface area contributed by atoms with E-state index in [9.17, 15) is 9.59 Å². The van der Waals surface area contributed by atoms with Gasteiger partial charge in [0.25, 0.3) is 5.91 Å². The topological polar surface area (TPSA) is 133 Å². The van der Waals surface area contributed by atoms with Crippen LogP contribution >= 0.6 is 0 Å². The third-order valence-electron chi connectivity index (χ3n) is 5.27. The Hall–Kier alpha value is -3.29. The highest BCUT2D eigenvalue weighted by Crippen LogP contribution is 2.28. The maximum absolute atomic E-state index is 12.7. The minimum atomic E-state index is -0.757. The van der Waals surface area contributed by atoms with E-state index in [4.69, 9.17) is 16.2 Å². The van der Waals surface area contributed by atoms with Crippen LogP contribution in [0.5, 0.6) is 0 Å². The van der Waals surface area contributed by atoms with Crippen molar-refractivity contribution in [3.8, 4) is 11.4 Å².